The summed E-state index contributed by atoms with van der Waals surface area (Å²) < 4.78 is 5.90. The molecule has 1 amide bonds. The summed E-state index contributed by atoms with van der Waals surface area (Å²) in [7, 11) is 0. The van der Waals surface area contributed by atoms with Crippen molar-refractivity contribution in [1.82, 2.24) is 0 Å². The Hall–Kier alpha value is -1.94. The topological polar surface area (TPSA) is 29.5 Å². The summed E-state index contributed by atoms with van der Waals surface area (Å²) in [6.45, 7) is 5.27. The van der Waals surface area contributed by atoms with E-state index in [0.717, 1.165) is 41.3 Å². The predicted molar refractivity (Wildman–Crippen MR) is 100 cm³/mol. The molecule has 0 spiro atoms. The van der Waals surface area contributed by atoms with E-state index in [0.29, 0.717) is 13.0 Å². The number of anilines is 1. The van der Waals surface area contributed by atoms with Crippen molar-refractivity contribution in [2.45, 2.75) is 31.6 Å². The summed E-state index contributed by atoms with van der Waals surface area (Å²) >= 11 is 1.83. The molecule has 3 rings (SSSR count). The zero-order valence-electron chi connectivity index (χ0n) is 14.2. The van der Waals surface area contributed by atoms with E-state index >= 15 is 0 Å². The minimum atomic E-state index is 0.135. The smallest absolute Gasteiger partial charge is 0.230 e. The first-order valence-electron chi connectivity index (χ1n) is 8.38. The molecule has 2 aromatic carbocycles. The van der Waals surface area contributed by atoms with Gasteiger partial charge in [-0.05, 0) is 49.3 Å². The van der Waals surface area contributed by atoms with Gasteiger partial charge in [-0.2, -0.15) is 0 Å². The van der Waals surface area contributed by atoms with Crippen LogP contribution in [-0.2, 0) is 4.79 Å². The highest BCUT2D eigenvalue weighted by Crippen LogP contribution is 2.33. The molecule has 0 fully saturated rings. The average molecular weight is 341 g/mol. The van der Waals surface area contributed by atoms with Gasteiger partial charge < -0.3 is 9.64 Å². The summed E-state index contributed by atoms with van der Waals surface area (Å²) in [6.07, 6.45) is 1.41. The van der Waals surface area contributed by atoms with Crippen molar-refractivity contribution in [3.8, 4) is 5.75 Å². The van der Waals surface area contributed by atoms with Crippen molar-refractivity contribution < 1.29 is 9.53 Å². The number of benzene rings is 2. The Kier molecular flexibility index (Phi) is 5.46. The number of rotatable bonds is 4. The number of ether oxygens (including phenoxy) is 1. The van der Waals surface area contributed by atoms with Crippen molar-refractivity contribution in [2.75, 3.05) is 23.8 Å². The lowest BCUT2D eigenvalue weighted by Crippen LogP contribution is -2.32. The molecular weight excluding hydrogens is 318 g/mol. The van der Waals surface area contributed by atoms with Gasteiger partial charge in [0.2, 0.25) is 5.91 Å². The molecule has 0 unspecified atom stereocenters. The minimum absolute atomic E-state index is 0.135. The van der Waals surface area contributed by atoms with E-state index in [9.17, 15) is 4.79 Å². The molecule has 3 nitrogen and oxygen atoms in total. The first-order chi connectivity index (χ1) is 11.7. The van der Waals surface area contributed by atoms with Gasteiger partial charge in [-0.1, -0.05) is 30.3 Å². The van der Waals surface area contributed by atoms with E-state index in [4.69, 9.17) is 4.74 Å². The first-order valence-corrected chi connectivity index (χ1v) is 9.36. The maximum absolute atomic E-state index is 12.7. The van der Waals surface area contributed by atoms with Crippen molar-refractivity contribution in [3.63, 3.8) is 0 Å². The highest BCUT2D eigenvalue weighted by atomic mass is 32.2. The van der Waals surface area contributed by atoms with Gasteiger partial charge in [0.1, 0.15) is 5.75 Å². The Bertz CT molecular complexity index is 709. The maximum atomic E-state index is 12.7. The number of hydrogen-bond donors (Lipinski definition) is 0. The molecule has 126 valence electrons. The van der Waals surface area contributed by atoms with Crippen molar-refractivity contribution >= 4 is 23.4 Å². The summed E-state index contributed by atoms with van der Waals surface area (Å²) in [5.41, 5.74) is 3.26. The molecule has 0 bridgehead atoms. The van der Waals surface area contributed by atoms with Crippen LogP contribution in [0.1, 0.15) is 24.0 Å². The van der Waals surface area contributed by atoms with Crippen LogP contribution in [0.3, 0.4) is 0 Å². The zero-order valence-corrected chi connectivity index (χ0v) is 15.1. The van der Waals surface area contributed by atoms with Crippen LogP contribution in [0.25, 0.3) is 0 Å². The van der Waals surface area contributed by atoms with Crippen LogP contribution in [0.4, 0.5) is 5.69 Å². The van der Waals surface area contributed by atoms with Crippen molar-refractivity contribution in [2.24, 2.45) is 0 Å². The van der Waals surface area contributed by atoms with Gasteiger partial charge in [0, 0.05) is 11.4 Å². The third-order valence-electron chi connectivity index (χ3n) is 4.21. The van der Waals surface area contributed by atoms with Gasteiger partial charge in [-0.3, -0.25) is 4.79 Å². The number of carbonyl (C=O) groups is 1. The van der Waals surface area contributed by atoms with E-state index in [1.165, 1.54) is 4.90 Å². The van der Waals surface area contributed by atoms with Gasteiger partial charge in [-0.25, -0.2) is 0 Å². The fourth-order valence-corrected chi connectivity index (χ4v) is 3.98. The lowest BCUT2D eigenvalue weighted by Gasteiger charge is -2.22. The molecule has 0 saturated carbocycles. The number of aryl methyl sites for hydroxylation is 2. The second-order valence-corrected chi connectivity index (χ2v) is 7.17. The number of thioether (sulfide) groups is 1. The first kappa shape index (κ1) is 16.9. The third kappa shape index (κ3) is 3.75. The molecule has 0 saturated heterocycles. The molecular formula is C20H23NO2S. The highest BCUT2D eigenvalue weighted by molar-refractivity contribution is 7.99. The Morgan fingerprint density at radius 3 is 2.67 bits per heavy atom. The van der Waals surface area contributed by atoms with Crippen molar-refractivity contribution in [1.29, 1.82) is 0 Å². The van der Waals surface area contributed by atoms with Crippen LogP contribution >= 0.6 is 11.8 Å². The molecule has 0 aromatic heterocycles. The number of carbonyl (C=O) groups excluding carboxylic acids is 1. The fraction of sp³-hybridized carbons (Fsp3) is 0.350. The van der Waals surface area contributed by atoms with Gasteiger partial charge in [0.15, 0.2) is 0 Å². The molecule has 0 radical (unpaired) electrons. The Morgan fingerprint density at radius 1 is 1.12 bits per heavy atom. The maximum Gasteiger partial charge on any atom is 0.230 e. The number of fused-ring (bicyclic) bond motifs is 1. The fourth-order valence-electron chi connectivity index (χ4n) is 2.99. The predicted octanol–water partition coefficient (Wildman–Crippen LogP) is 4.60. The summed E-state index contributed by atoms with van der Waals surface area (Å²) in [6, 6.07) is 14.3. The Morgan fingerprint density at radius 2 is 1.88 bits per heavy atom. The van der Waals surface area contributed by atoms with Gasteiger partial charge in [-0.15, -0.1) is 11.8 Å². The largest absolute Gasteiger partial charge is 0.493 e. The molecule has 2 aromatic rings. The summed E-state index contributed by atoms with van der Waals surface area (Å²) in [5, 5.41) is 0. The summed E-state index contributed by atoms with van der Waals surface area (Å²) in [5.74, 6) is 2.09. The van der Waals surface area contributed by atoms with Crippen LogP contribution in [0.2, 0.25) is 0 Å². The quantitative estimate of drug-likeness (QED) is 0.814. The Balaban J connectivity index is 1.65. The SMILES string of the molecule is Cc1cccc(C)c1OCCC(=O)N1CCCSc2ccccc21. The lowest BCUT2D eigenvalue weighted by atomic mass is 10.1. The van der Waals surface area contributed by atoms with E-state index in [1.807, 2.05) is 66.9 Å². The molecule has 1 aliphatic rings. The van der Waals surface area contributed by atoms with E-state index in [-0.39, 0.29) is 5.91 Å². The molecule has 24 heavy (non-hydrogen) atoms. The number of nitrogens with zero attached hydrogens (tertiary/aromatic N) is 1. The Labute approximate surface area is 148 Å². The van der Waals surface area contributed by atoms with Gasteiger partial charge in [0.05, 0.1) is 18.7 Å². The molecule has 4 heteroatoms. The molecule has 0 N–H and O–H groups in total. The molecule has 0 aliphatic carbocycles. The van der Waals surface area contributed by atoms with Crippen LogP contribution in [0.5, 0.6) is 5.75 Å². The van der Waals surface area contributed by atoms with Gasteiger partial charge in [0.25, 0.3) is 0 Å². The van der Waals surface area contributed by atoms with E-state index < -0.39 is 0 Å². The van der Waals surface area contributed by atoms with Gasteiger partial charge >= 0.3 is 0 Å². The van der Waals surface area contributed by atoms with E-state index in [2.05, 4.69) is 6.07 Å². The highest BCUT2D eigenvalue weighted by Gasteiger charge is 2.21. The van der Waals surface area contributed by atoms with Crippen LogP contribution < -0.4 is 9.64 Å². The zero-order chi connectivity index (χ0) is 16.9. The molecule has 1 aliphatic heterocycles. The number of para-hydroxylation sites is 2. The monoisotopic (exact) mass is 341 g/mol. The van der Waals surface area contributed by atoms with Crippen molar-refractivity contribution in [3.05, 3.63) is 53.6 Å². The average Bonchev–Trinajstić information content (AvgIpc) is 2.80. The molecule has 0 atom stereocenters. The third-order valence-corrected chi connectivity index (χ3v) is 5.36. The standard InChI is InChI=1S/C20H23NO2S/c1-15-7-5-8-16(2)20(15)23-13-11-19(22)21-12-6-14-24-18-10-4-3-9-17(18)21/h3-5,7-10H,6,11-14H2,1-2H3. The van der Waals surface area contributed by atoms with Crippen LogP contribution in [0.15, 0.2) is 47.4 Å². The normalized spacial score (nSPS) is 14.0. The number of amides is 1. The lowest BCUT2D eigenvalue weighted by molar-refractivity contribution is -0.119. The number of hydrogen-bond acceptors (Lipinski definition) is 3. The summed E-state index contributed by atoms with van der Waals surface area (Å²) in [4.78, 5) is 15.8. The van der Waals surface area contributed by atoms with Crippen LogP contribution in [0, 0.1) is 13.8 Å². The van der Waals surface area contributed by atoms with Crippen LogP contribution in [-0.4, -0.2) is 24.8 Å². The molecule has 1 heterocycles. The minimum Gasteiger partial charge on any atom is -0.493 e. The van der Waals surface area contributed by atoms with E-state index in [1.54, 1.807) is 0 Å². The second kappa shape index (κ2) is 7.75. The second-order valence-electron chi connectivity index (χ2n) is 6.03.